The summed E-state index contributed by atoms with van der Waals surface area (Å²) in [5.41, 5.74) is 2.42. The molecule has 0 bridgehead atoms. The molecule has 1 atom stereocenters. The summed E-state index contributed by atoms with van der Waals surface area (Å²) in [5, 5.41) is 22.5. The average Bonchev–Trinajstić information content (AvgIpc) is 3.18. The van der Waals surface area contributed by atoms with E-state index in [-0.39, 0.29) is 11.8 Å². The number of phenolic OH excluding ortho intramolecular Hbond substituents is 1. The molecule has 0 spiro atoms. The van der Waals surface area contributed by atoms with Crippen molar-refractivity contribution < 1.29 is 14.9 Å². The molecule has 4 rings (SSSR count). The van der Waals surface area contributed by atoms with Crippen LogP contribution in [0.1, 0.15) is 23.0 Å². The summed E-state index contributed by atoms with van der Waals surface area (Å²) in [6.45, 7) is 5.16. The Morgan fingerprint density at radius 3 is 2.43 bits per heavy atom. The molecular formula is C21H28N6O+2. The molecule has 0 amide bonds. The van der Waals surface area contributed by atoms with Gasteiger partial charge in [0.1, 0.15) is 31.9 Å². The number of phenols is 1. The van der Waals surface area contributed by atoms with E-state index in [0.29, 0.717) is 0 Å². The highest BCUT2D eigenvalue weighted by atomic mass is 16.3. The molecule has 3 aromatic rings. The summed E-state index contributed by atoms with van der Waals surface area (Å²) in [4.78, 5) is 3.05. The predicted molar refractivity (Wildman–Crippen MR) is 105 cm³/mol. The van der Waals surface area contributed by atoms with Gasteiger partial charge in [-0.25, -0.2) is 4.68 Å². The van der Waals surface area contributed by atoms with Crippen LogP contribution in [0.5, 0.6) is 5.75 Å². The average molecular weight is 380 g/mol. The highest BCUT2D eigenvalue weighted by Crippen LogP contribution is 2.20. The highest BCUT2D eigenvalue weighted by Gasteiger charge is 2.34. The molecule has 1 aliphatic heterocycles. The maximum Gasteiger partial charge on any atom is 0.214 e. The van der Waals surface area contributed by atoms with Crippen LogP contribution in [0, 0.1) is 0 Å². The molecule has 2 aromatic carbocycles. The molecule has 7 heteroatoms. The number of rotatable bonds is 6. The number of aromatic nitrogens is 4. The van der Waals surface area contributed by atoms with Crippen LogP contribution in [0.4, 0.5) is 0 Å². The Kier molecular flexibility index (Phi) is 5.64. The largest absolute Gasteiger partial charge is 0.508 e. The number of aryl methyl sites for hydroxylation is 2. The fraction of sp³-hybridized carbons (Fsp3) is 0.381. The molecule has 146 valence electrons. The topological polar surface area (TPSA) is 72.7 Å². The summed E-state index contributed by atoms with van der Waals surface area (Å²) in [6, 6.07) is 18.0. The number of hydrogen-bond donors (Lipinski definition) is 3. The number of aromatic hydroxyl groups is 1. The van der Waals surface area contributed by atoms with Gasteiger partial charge in [-0.2, -0.15) is 0 Å². The van der Waals surface area contributed by atoms with E-state index in [0.717, 1.165) is 50.5 Å². The van der Waals surface area contributed by atoms with Gasteiger partial charge in [-0.1, -0.05) is 30.3 Å². The lowest BCUT2D eigenvalue weighted by atomic mass is 10.0. The summed E-state index contributed by atoms with van der Waals surface area (Å²) in [7, 11) is 2.25. The van der Waals surface area contributed by atoms with Crippen LogP contribution < -0.4 is 9.80 Å². The maximum atomic E-state index is 9.72. The zero-order valence-corrected chi connectivity index (χ0v) is 16.3. The molecule has 0 aliphatic carbocycles. The van der Waals surface area contributed by atoms with Gasteiger partial charge >= 0.3 is 0 Å². The molecule has 0 radical (unpaired) electrons. The Labute approximate surface area is 165 Å². The van der Waals surface area contributed by atoms with Gasteiger partial charge in [0, 0.05) is 12.1 Å². The molecule has 3 N–H and O–H groups in total. The Hall–Kier alpha value is -2.77. The van der Waals surface area contributed by atoms with Crippen LogP contribution in [0.15, 0.2) is 54.6 Å². The van der Waals surface area contributed by atoms with Crippen LogP contribution in [-0.2, 0) is 13.0 Å². The maximum absolute atomic E-state index is 9.72. The Bertz CT molecular complexity index is 871. The minimum Gasteiger partial charge on any atom is -0.508 e. The van der Waals surface area contributed by atoms with E-state index in [1.807, 2.05) is 22.9 Å². The fourth-order valence-corrected chi connectivity index (χ4v) is 3.98. The second kappa shape index (κ2) is 8.50. The van der Waals surface area contributed by atoms with Crippen LogP contribution in [0.25, 0.3) is 0 Å². The number of nitrogens with one attached hydrogen (secondary N) is 2. The Balaban J connectivity index is 1.61. The number of hydrogen-bond acceptors (Lipinski definition) is 4. The fourth-order valence-electron chi connectivity index (χ4n) is 3.98. The molecule has 1 aromatic heterocycles. The van der Waals surface area contributed by atoms with E-state index < -0.39 is 0 Å². The molecule has 1 saturated heterocycles. The van der Waals surface area contributed by atoms with Crippen molar-refractivity contribution in [1.29, 1.82) is 0 Å². The molecular weight excluding hydrogens is 352 g/mol. The van der Waals surface area contributed by atoms with Gasteiger partial charge in [0.25, 0.3) is 0 Å². The third-order valence-corrected chi connectivity index (χ3v) is 5.65. The first-order valence-electron chi connectivity index (χ1n) is 9.95. The lowest BCUT2D eigenvalue weighted by molar-refractivity contribution is -1.02. The number of piperazine rings is 1. The number of likely N-dealkylation sites (N-methyl/N-ethyl adjacent to an activating group) is 1. The molecule has 7 nitrogen and oxygen atoms in total. The number of tetrazole rings is 1. The van der Waals surface area contributed by atoms with Crippen LogP contribution >= 0.6 is 0 Å². The molecule has 0 unspecified atom stereocenters. The van der Waals surface area contributed by atoms with Gasteiger partial charge in [-0.05, 0) is 46.7 Å². The van der Waals surface area contributed by atoms with Crippen molar-refractivity contribution in [3.8, 4) is 5.75 Å². The van der Waals surface area contributed by atoms with Crippen molar-refractivity contribution in [3.05, 3.63) is 71.5 Å². The summed E-state index contributed by atoms with van der Waals surface area (Å²) < 4.78 is 1.95. The summed E-state index contributed by atoms with van der Waals surface area (Å²) in [5.74, 6) is 1.18. The first kappa shape index (κ1) is 18.6. The molecule has 0 saturated carbocycles. The first-order valence-corrected chi connectivity index (χ1v) is 9.95. The summed E-state index contributed by atoms with van der Waals surface area (Å²) in [6.07, 6.45) is 0.892. The van der Waals surface area contributed by atoms with Gasteiger partial charge < -0.3 is 14.9 Å². The van der Waals surface area contributed by atoms with E-state index in [1.54, 1.807) is 17.0 Å². The molecule has 1 aliphatic rings. The van der Waals surface area contributed by atoms with Gasteiger partial charge in [0.15, 0.2) is 6.04 Å². The monoisotopic (exact) mass is 380 g/mol. The van der Waals surface area contributed by atoms with E-state index >= 15 is 0 Å². The lowest BCUT2D eigenvalue weighted by Crippen LogP contribution is -3.27. The van der Waals surface area contributed by atoms with Crippen molar-refractivity contribution in [1.82, 2.24) is 20.2 Å². The first-order chi connectivity index (χ1) is 13.7. The predicted octanol–water partition coefficient (Wildman–Crippen LogP) is -0.876. The number of nitrogens with zero attached hydrogens (tertiary/aromatic N) is 4. The zero-order valence-electron chi connectivity index (χ0n) is 16.3. The van der Waals surface area contributed by atoms with E-state index in [9.17, 15) is 5.11 Å². The van der Waals surface area contributed by atoms with E-state index in [2.05, 4.69) is 46.8 Å². The second-order valence-corrected chi connectivity index (χ2v) is 7.64. The van der Waals surface area contributed by atoms with Gasteiger partial charge in [-0.3, -0.25) is 0 Å². The van der Waals surface area contributed by atoms with Gasteiger partial charge in [-0.15, -0.1) is 5.10 Å². The summed E-state index contributed by atoms with van der Waals surface area (Å²) >= 11 is 0. The van der Waals surface area contributed by atoms with E-state index in [4.69, 9.17) is 0 Å². The SMILES string of the molecule is C[NH+]1CC[NH+]([C@H](c2ccc(O)cc2)c2nnnn2CCc2ccccc2)CC1. The third-order valence-electron chi connectivity index (χ3n) is 5.65. The number of quaternary nitrogens is 2. The van der Waals surface area contributed by atoms with Crippen molar-refractivity contribution >= 4 is 0 Å². The normalized spacial score (nSPS) is 20.8. The van der Waals surface area contributed by atoms with Crippen LogP contribution in [0.2, 0.25) is 0 Å². The van der Waals surface area contributed by atoms with Crippen molar-refractivity contribution in [3.63, 3.8) is 0 Å². The van der Waals surface area contributed by atoms with Crippen molar-refractivity contribution in [2.24, 2.45) is 0 Å². The van der Waals surface area contributed by atoms with E-state index in [1.165, 1.54) is 10.5 Å². The standard InChI is InChI=1S/C21H26N6O/c1-25-13-15-26(16-14-25)20(18-7-9-19(28)10-8-18)21-22-23-24-27(21)12-11-17-5-3-2-4-6-17/h2-10,20,28H,11-16H2,1H3/p+2/t20-/m1/s1. The minimum atomic E-state index is 0.0690. The molecule has 1 fully saturated rings. The number of benzene rings is 2. The lowest BCUT2D eigenvalue weighted by Gasteiger charge is -2.32. The highest BCUT2D eigenvalue weighted by molar-refractivity contribution is 5.29. The zero-order chi connectivity index (χ0) is 19.3. The third kappa shape index (κ3) is 4.21. The van der Waals surface area contributed by atoms with Gasteiger partial charge in [0.2, 0.25) is 5.82 Å². The van der Waals surface area contributed by atoms with Crippen molar-refractivity contribution in [2.45, 2.75) is 19.0 Å². The Morgan fingerprint density at radius 1 is 1.00 bits per heavy atom. The molecule has 2 heterocycles. The Morgan fingerprint density at radius 2 is 1.71 bits per heavy atom. The van der Waals surface area contributed by atoms with Crippen LogP contribution in [-0.4, -0.2) is 58.5 Å². The second-order valence-electron chi connectivity index (χ2n) is 7.64. The van der Waals surface area contributed by atoms with Crippen molar-refractivity contribution in [2.75, 3.05) is 33.2 Å². The quantitative estimate of drug-likeness (QED) is 0.520. The smallest absolute Gasteiger partial charge is 0.214 e. The van der Waals surface area contributed by atoms with Crippen LogP contribution in [0.3, 0.4) is 0 Å². The van der Waals surface area contributed by atoms with Gasteiger partial charge in [0.05, 0.1) is 7.05 Å². The molecule has 28 heavy (non-hydrogen) atoms. The minimum absolute atomic E-state index is 0.0690.